The van der Waals surface area contributed by atoms with Gasteiger partial charge in [0.25, 0.3) is 5.91 Å². The number of halogens is 1. The topological polar surface area (TPSA) is 81.9 Å². The average molecular weight is 450 g/mol. The molecule has 1 heterocycles. The lowest BCUT2D eigenvalue weighted by molar-refractivity contribution is 0.102. The van der Waals surface area contributed by atoms with Gasteiger partial charge < -0.3 is 10.1 Å². The normalized spacial score (nSPS) is 10.7. The third-order valence-electron chi connectivity index (χ3n) is 4.52. The van der Waals surface area contributed by atoms with Gasteiger partial charge >= 0.3 is 0 Å². The van der Waals surface area contributed by atoms with Crippen molar-refractivity contribution in [2.45, 2.75) is 17.8 Å². The molecule has 7 nitrogen and oxygen atoms in total. The molecule has 4 rings (SSSR count). The molecule has 0 aliphatic carbocycles. The Kier molecular flexibility index (Phi) is 6.76. The Hall–Kier alpha value is -3.72. The number of amides is 1. The molecule has 0 fully saturated rings. The minimum Gasteiger partial charge on any atom is -0.494 e. The van der Waals surface area contributed by atoms with Gasteiger partial charge in [0.1, 0.15) is 11.6 Å². The van der Waals surface area contributed by atoms with E-state index in [-0.39, 0.29) is 11.7 Å². The number of carbonyl (C=O) groups excluding carboxylic acids is 1. The molecule has 0 atom stereocenters. The highest BCUT2D eigenvalue weighted by Crippen LogP contribution is 2.23. The van der Waals surface area contributed by atoms with Crippen molar-refractivity contribution < 1.29 is 13.9 Å². The van der Waals surface area contributed by atoms with Crippen LogP contribution in [0.3, 0.4) is 0 Å². The van der Waals surface area contributed by atoms with E-state index in [4.69, 9.17) is 4.74 Å². The Morgan fingerprint density at radius 3 is 2.44 bits per heavy atom. The van der Waals surface area contributed by atoms with Gasteiger partial charge in [0.05, 0.1) is 12.3 Å². The Bertz CT molecular complexity index is 1180. The molecule has 0 aliphatic rings. The smallest absolute Gasteiger partial charge is 0.255 e. The highest BCUT2D eigenvalue weighted by Gasteiger charge is 2.11. The third-order valence-corrected chi connectivity index (χ3v) is 5.51. The van der Waals surface area contributed by atoms with Gasteiger partial charge in [-0.15, -0.1) is 5.10 Å². The van der Waals surface area contributed by atoms with E-state index in [1.807, 2.05) is 19.1 Å². The van der Waals surface area contributed by atoms with Crippen molar-refractivity contribution in [3.05, 3.63) is 89.7 Å². The van der Waals surface area contributed by atoms with Crippen LogP contribution in [0.5, 0.6) is 5.75 Å². The number of carbonyl (C=O) groups is 1. The second-order valence-electron chi connectivity index (χ2n) is 6.75. The number of hydrogen-bond acceptors (Lipinski definition) is 6. The maximum absolute atomic E-state index is 13.1. The highest BCUT2D eigenvalue weighted by molar-refractivity contribution is 7.98. The Morgan fingerprint density at radius 2 is 1.75 bits per heavy atom. The van der Waals surface area contributed by atoms with E-state index in [1.165, 1.54) is 23.9 Å². The Balaban J connectivity index is 1.40. The Morgan fingerprint density at radius 1 is 1.03 bits per heavy atom. The number of nitrogens with one attached hydrogen (secondary N) is 1. The number of nitrogens with zero attached hydrogens (tertiary/aromatic N) is 4. The molecule has 1 amide bonds. The van der Waals surface area contributed by atoms with E-state index in [0.717, 1.165) is 17.0 Å². The molecule has 0 radical (unpaired) electrons. The van der Waals surface area contributed by atoms with Crippen molar-refractivity contribution in [2.75, 3.05) is 11.9 Å². The lowest BCUT2D eigenvalue weighted by Crippen LogP contribution is -2.12. The maximum Gasteiger partial charge on any atom is 0.255 e. The fraction of sp³-hybridized carbons (Fsp3) is 0.130. The van der Waals surface area contributed by atoms with Crippen molar-refractivity contribution in [2.24, 2.45) is 0 Å². The number of hydrogen-bond donors (Lipinski definition) is 1. The molecule has 9 heteroatoms. The highest BCUT2D eigenvalue weighted by atomic mass is 32.2. The summed E-state index contributed by atoms with van der Waals surface area (Å²) in [7, 11) is 0. The van der Waals surface area contributed by atoms with Gasteiger partial charge in [0.15, 0.2) is 0 Å². The average Bonchev–Trinajstić information content (AvgIpc) is 3.29. The molecule has 32 heavy (non-hydrogen) atoms. The SMILES string of the molecule is CCOc1ccc(NC(=O)c2ccc(-n3nnnc3SCc3ccc(F)cc3)cc2)cc1. The molecule has 0 aliphatic heterocycles. The molecule has 162 valence electrons. The minimum atomic E-state index is -0.268. The minimum absolute atomic E-state index is 0.219. The van der Waals surface area contributed by atoms with Crippen LogP contribution in [0.25, 0.3) is 5.69 Å². The van der Waals surface area contributed by atoms with Crippen molar-refractivity contribution in [3.8, 4) is 11.4 Å². The first-order valence-corrected chi connectivity index (χ1v) is 10.9. The zero-order valence-electron chi connectivity index (χ0n) is 17.2. The summed E-state index contributed by atoms with van der Waals surface area (Å²) in [5.74, 6) is 0.867. The summed E-state index contributed by atoms with van der Waals surface area (Å²) in [6.45, 7) is 2.51. The molecule has 4 aromatic rings. The van der Waals surface area contributed by atoms with Gasteiger partial charge in [-0.1, -0.05) is 23.9 Å². The van der Waals surface area contributed by atoms with Crippen LogP contribution >= 0.6 is 11.8 Å². The summed E-state index contributed by atoms with van der Waals surface area (Å²) in [4.78, 5) is 12.6. The molecule has 0 unspecified atom stereocenters. The number of anilines is 1. The first-order valence-electron chi connectivity index (χ1n) is 9.92. The van der Waals surface area contributed by atoms with Crippen molar-refractivity contribution in [3.63, 3.8) is 0 Å². The van der Waals surface area contributed by atoms with E-state index in [9.17, 15) is 9.18 Å². The van der Waals surface area contributed by atoms with Crippen molar-refractivity contribution in [1.82, 2.24) is 20.2 Å². The molecular weight excluding hydrogens is 429 g/mol. The number of aromatic nitrogens is 4. The Labute approximate surface area is 188 Å². The number of tetrazole rings is 1. The first-order chi connectivity index (χ1) is 15.6. The molecule has 1 aromatic heterocycles. The monoisotopic (exact) mass is 449 g/mol. The van der Waals surface area contributed by atoms with E-state index in [0.29, 0.717) is 28.8 Å². The van der Waals surface area contributed by atoms with Crippen LogP contribution in [0.15, 0.2) is 78.0 Å². The molecular formula is C23H20FN5O2S. The third kappa shape index (κ3) is 5.30. The zero-order valence-corrected chi connectivity index (χ0v) is 18.1. The summed E-state index contributed by atoms with van der Waals surface area (Å²) in [6.07, 6.45) is 0. The van der Waals surface area contributed by atoms with Crippen LogP contribution in [0.2, 0.25) is 0 Å². The molecule has 0 saturated heterocycles. The fourth-order valence-electron chi connectivity index (χ4n) is 2.92. The van der Waals surface area contributed by atoms with Crippen LogP contribution in [0.4, 0.5) is 10.1 Å². The van der Waals surface area contributed by atoms with Crippen molar-refractivity contribution >= 4 is 23.4 Å². The predicted molar refractivity (Wildman–Crippen MR) is 121 cm³/mol. The van der Waals surface area contributed by atoms with Crippen molar-refractivity contribution in [1.29, 1.82) is 0 Å². The summed E-state index contributed by atoms with van der Waals surface area (Å²) in [5.41, 5.74) is 2.89. The molecule has 0 spiro atoms. The molecule has 1 N–H and O–H groups in total. The summed E-state index contributed by atoms with van der Waals surface area (Å²) < 4.78 is 20.1. The van der Waals surface area contributed by atoms with Crippen LogP contribution in [-0.4, -0.2) is 32.7 Å². The van der Waals surface area contributed by atoms with Crippen LogP contribution in [0.1, 0.15) is 22.8 Å². The number of rotatable bonds is 8. The maximum atomic E-state index is 13.1. The van der Waals surface area contributed by atoms with E-state index >= 15 is 0 Å². The van der Waals surface area contributed by atoms with Gasteiger partial charge in [-0.2, -0.15) is 4.68 Å². The van der Waals surface area contributed by atoms with Gasteiger partial charge in [-0.05, 0) is 83.6 Å². The van der Waals surface area contributed by atoms with Crippen LogP contribution in [0, 0.1) is 5.82 Å². The van der Waals surface area contributed by atoms with Gasteiger partial charge in [0, 0.05) is 17.0 Å². The number of ether oxygens (including phenoxy) is 1. The molecule has 0 bridgehead atoms. The van der Waals surface area contributed by atoms with E-state index in [1.54, 1.807) is 53.2 Å². The van der Waals surface area contributed by atoms with E-state index in [2.05, 4.69) is 20.8 Å². The predicted octanol–water partition coefficient (Wildman–Crippen LogP) is 4.74. The van der Waals surface area contributed by atoms with E-state index < -0.39 is 0 Å². The summed E-state index contributed by atoms with van der Waals surface area (Å²) >= 11 is 1.44. The zero-order chi connectivity index (χ0) is 22.3. The number of benzene rings is 3. The second-order valence-corrected chi connectivity index (χ2v) is 7.69. The first kappa shape index (κ1) is 21.5. The largest absolute Gasteiger partial charge is 0.494 e. The quantitative estimate of drug-likeness (QED) is 0.391. The van der Waals surface area contributed by atoms with Gasteiger partial charge in [-0.3, -0.25) is 4.79 Å². The fourth-order valence-corrected chi connectivity index (χ4v) is 3.76. The van der Waals surface area contributed by atoms with Gasteiger partial charge in [-0.25, -0.2) is 4.39 Å². The second kappa shape index (κ2) is 10.1. The lowest BCUT2D eigenvalue weighted by Gasteiger charge is -2.08. The summed E-state index contributed by atoms with van der Waals surface area (Å²) in [5, 5.41) is 15.3. The molecule has 3 aromatic carbocycles. The molecule has 0 saturated carbocycles. The summed E-state index contributed by atoms with van der Waals surface area (Å²) in [6, 6.07) is 20.5. The van der Waals surface area contributed by atoms with Crippen LogP contribution < -0.4 is 10.1 Å². The number of thioether (sulfide) groups is 1. The standard InChI is InChI=1S/C23H20FN5O2S/c1-2-31-21-13-9-19(10-14-21)25-22(30)17-5-11-20(12-6-17)29-23(26-27-28-29)32-15-16-3-7-18(24)8-4-16/h3-14H,2,15H2,1H3,(H,25,30). The van der Waals surface area contributed by atoms with Crippen LogP contribution in [-0.2, 0) is 5.75 Å². The lowest BCUT2D eigenvalue weighted by atomic mass is 10.2. The van der Waals surface area contributed by atoms with Gasteiger partial charge in [0.2, 0.25) is 5.16 Å².